The normalized spacial score (nSPS) is 11.6. The van der Waals surface area contributed by atoms with Gasteiger partial charge in [-0.2, -0.15) is 0 Å². The van der Waals surface area contributed by atoms with Crippen LogP contribution < -0.4 is 0 Å². The quantitative estimate of drug-likeness (QED) is 0.485. The van der Waals surface area contributed by atoms with Crippen molar-refractivity contribution in [2.45, 2.75) is 11.8 Å². The van der Waals surface area contributed by atoms with E-state index in [4.69, 9.17) is 23.2 Å². The van der Waals surface area contributed by atoms with E-state index in [2.05, 4.69) is 56.1 Å². The van der Waals surface area contributed by atoms with Crippen molar-refractivity contribution in [3.8, 4) is 0 Å². The van der Waals surface area contributed by atoms with Gasteiger partial charge in [0.15, 0.2) is 0 Å². The lowest BCUT2D eigenvalue weighted by molar-refractivity contribution is 0.551. The second-order valence-corrected chi connectivity index (χ2v) is 6.77. The molecule has 0 unspecified atom stereocenters. The lowest BCUT2D eigenvalue weighted by Crippen LogP contribution is -2.32. The van der Waals surface area contributed by atoms with Crippen LogP contribution >= 0.6 is 55.1 Å². The number of hydrogen-bond donors (Lipinski definition) is 0. The summed E-state index contributed by atoms with van der Waals surface area (Å²) in [4.78, 5) is 0. The molecule has 2 aromatic carbocycles. The van der Waals surface area contributed by atoms with Gasteiger partial charge in [-0.3, -0.25) is 0 Å². The molecular formula is C16H14Br2Cl2. The van der Waals surface area contributed by atoms with Gasteiger partial charge in [0.2, 0.25) is 0 Å². The Balaban J connectivity index is 2.36. The minimum atomic E-state index is -0.00157. The fourth-order valence-electron chi connectivity index (χ4n) is 2.22. The minimum absolute atomic E-state index is 0.00157. The van der Waals surface area contributed by atoms with Gasteiger partial charge in [0.1, 0.15) is 0 Å². The summed E-state index contributed by atoms with van der Waals surface area (Å²) < 4.78 is 0. The first-order chi connectivity index (χ1) is 9.61. The van der Waals surface area contributed by atoms with E-state index in [-0.39, 0.29) is 5.41 Å². The van der Waals surface area contributed by atoms with E-state index in [0.29, 0.717) is 10.0 Å². The summed E-state index contributed by atoms with van der Waals surface area (Å²) in [7, 11) is 0. The summed E-state index contributed by atoms with van der Waals surface area (Å²) in [6.45, 7) is 0. The highest BCUT2D eigenvalue weighted by atomic mass is 79.9. The number of rotatable bonds is 5. The molecule has 0 atom stereocenters. The first-order valence-electron chi connectivity index (χ1n) is 6.23. The van der Waals surface area contributed by atoms with Crippen LogP contribution in [0.2, 0.25) is 10.0 Å². The Labute approximate surface area is 146 Å². The molecule has 20 heavy (non-hydrogen) atoms. The zero-order chi connectivity index (χ0) is 14.6. The maximum atomic E-state index is 6.12. The Kier molecular flexibility index (Phi) is 5.97. The molecule has 0 aliphatic heterocycles. The number of alkyl halides is 2. The van der Waals surface area contributed by atoms with Gasteiger partial charge in [0.05, 0.1) is 10.0 Å². The van der Waals surface area contributed by atoms with Gasteiger partial charge in [0.25, 0.3) is 0 Å². The molecule has 2 rings (SSSR count). The van der Waals surface area contributed by atoms with Gasteiger partial charge in [-0.25, -0.2) is 0 Å². The van der Waals surface area contributed by atoms with Crippen LogP contribution in [0, 0.1) is 0 Å². The second-order valence-electron chi connectivity index (χ2n) is 4.84. The fourth-order valence-corrected chi connectivity index (χ4v) is 4.51. The summed E-state index contributed by atoms with van der Waals surface area (Å²) in [5.74, 6) is 0. The molecule has 0 fully saturated rings. The fraction of sp³-hybridized carbons (Fsp3) is 0.250. The first kappa shape index (κ1) is 16.4. The van der Waals surface area contributed by atoms with Crippen molar-refractivity contribution >= 4 is 55.1 Å². The molecule has 0 N–H and O–H groups in total. The van der Waals surface area contributed by atoms with E-state index in [9.17, 15) is 0 Å². The maximum Gasteiger partial charge on any atom is 0.0595 e. The molecule has 2 aromatic rings. The van der Waals surface area contributed by atoms with E-state index < -0.39 is 0 Å². The molecular weight excluding hydrogens is 423 g/mol. The number of halogens is 4. The Morgan fingerprint density at radius 1 is 0.850 bits per heavy atom. The zero-order valence-corrected chi connectivity index (χ0v) is 15.4. The molecule has 0 saturated carbocycles. The van der Waals surface area contributed by atoms with Crippen LogP contribution in [0.4, 0.5) is 0 Å². The molecule has 0 spiro atoms. The van der Waals surface area contributed by atoms with Crippen LogP contribution in [0.3, 0.4) is 0 Å². The predicted octanol–water partition coefficient (Wildman–Crippen LogP) is 6.26. The third kappa shape index (κ3) is 3.59. The maximum absolute atomic E-state index is 6.12. The molecule has 106 valence electrons. The van der Waals surface area contributed by atoms with Gasteiger partial charge < -0.3 is 0 Å². The number of benzene rings is 2. The van der Waals surface area contributed by atoms with Crippen molar-refractivity contribution in [3.63, 3.8) is 0 Å². The Hall–Kier alpha value is -0.0200. The average Bonchev–Trinajstić information content (AvgIpc) is 2.49. The van der Waals surface area contributed by atoms with Gasteiger partial charge >= 0.3 is 0 Å². The third-order valence-corrected chi connectivity index (χ3v) is 6.31. The van der Waals surface area contributed by atoms with Crippen LogP contribution in [0.5, 0.6) is 0 Å². The minimum Gasteiger partial charge on any atom is -0.0918 e. The van der Waals surface area contributed by atoms with Crippen molar-refractivity contribution in [1.29, 1.82) is 0 Å². The standard InChI is InChI=1S/C16H14Br2Cl2/c17-10-16(11-18,13-4-2-1-3-5-13)9-12-6-7-14(19)15(20)8-12/h1-8H,9-11H2. The monoisotopic (exact) mass is 434 g/mol. The Morgan fingerprint density at radius 3 is 2.05 bits per heavy atom. The number of hydrogen-bond acceptors (Lipinski definition) is 0. The highest BCUT2D eigenvalue weighted by Gasteiger charge is 2.30. The van der Waals surface area contributed by atoms with E-state index in [0.717, 1.165) is 17.1 Å². The van der Waals surface area contributed by atoms with Gasteiger partial charge in [-0.15, -0.1) is 0 Å². The molecule has 0 bridgehead atoms. The SMILES string of the molecule is Clc1ccc(CC(CBr)(CBr)c2ccccc2)cc1Cl. The summed E-state index contributed by atoms with van der Waals surface area (Å²) in [5.41, 5.74) is 2.49. The largest absolute Gasteiger partial charge is 0.0918 e. The van der Waals surface area contributed by atoms with Crippen LogP contribution in [0.1, 0.15) is 11.1 Å². The lowest BCUT2D eigenvalue weighted by atomic mass is 9.79. The molecule has 0 aromatic heterocycles. The third-order valence-electron chi connectivity index (χ3n) is 3.42. The molecule has 0 amide bonds. The second kappa shape index (κ2) is 7.31. The highest BCUT2D eigenvalue weighted by Crippen LogP contribution is 2.34. The van der Waals surface area contributed by atoms with Gasteiger partial charge in [0, 0.05) is 16.1 Å². The summed E-state index contributed by atoms with van der Waals surface area (Å²) in [5, 5.41) is 2.94. The van der Waals surface area contributed by atoms with Gasteiger partial charge in [-0.1, -0.05) is 91.5 Å². The molecule has 0 aliphatic rings. The molecule has 0 nitrogen and oxygen atoms in total. The average molecular weight is 437 g/mol. The summed E-state index contributed by atoms with van der Waals surface area (Å²) in [6, 6.07) is 16.4. The topological polar surface area (TPSA) is 0 Å². The lowest BCUT2D eigenvalue weighted by Gasteiger charge is -2.31. The molecule has 0 saturated heterocycles. The van der Waals surface area contributed by atoms with Crippen molar-refractivity contribution in [2.75, 3.05) is 10.7 Å². The smallest absolute Gasteiger partial charge is 0.0595 e. The van der Waals surface area contributed by atoms with Gasteiger partial charge in [-0.05, 0) is 29.7 Å². The summed E-state index contributed by atoms with van der Waals surface area (Å²) in [6.07, 6.45) is 0.893. The predicted molar refractivity (Wildman–Crippen MR) is 95.9 cm³/mol. The zero-order valence-electron chi connectivity index (χ0n) is 10.8. The Bertz CT molecular complexity index is 566. The van der Waals surface area contributed by atoms with E-state index in [1.165, 1.54) is 11.1 Å². The van der Waals surface area contributed by atoms with E-state index in [1.807, 2.05) is 24.3 Å². The van der Waals surface area contributed by atoms with E-state index in [1.54, 1.807) is 0 Å². The molecule has 0 heterocycles. The van der Waals surface area contributed by atoms with E-state index >= 15 is 0 Å². The van der Waals surface area contributed by atoms with Crippen LogP contribution in [0.15, 0.2) is 48.5 Å². The van der Waals surface area contributed by atoms with Crippen molar-refractivity contribution in [1.82, 2.24) is 0 Å². The first-order valence-corrected chi connectivity index (χ1v) is 9.22. The van der Waals surface area contributed by atoms with Crippen molar-refractivity contribution < 1.29 is 0 Å². The Morgan fingerprint density at radius 2 is 1.50 bits per heavy atom. The highest BCUT2D eigenvalue weighted by molar-refractivity contribution is 9.09. The van der Waals surface area contributed by atoms with Crippen molar-refractivity contribution in [3.05, 3.63) is 69.7 Å². The van der Waals surface area contributed by atoms with Crippen LogP contribution in [0.25, 0.3) is 0 Å². The molecule has 4 heteroatoms. The van der Waals surface area contributed by atoms with Crippen LogP contribution in [-0.2, 0) is 11.8 Å². The molecule has 0 radical (unpaired) electrons. The molecule has 0 aliphatic carbocycles. The van der Waals surface area contributed by atoms with Crippen molar-refractivity contribution in [2.24, 2.45) is 0 Å². The summed E-state index contributed by atoms with van der Waals surface area (Å²) >= 11 is 19.4. The van der Waals surface area contributed by atoms with Crippen LogP contribution in [-0.4, -0.2) is 10.7 Å².